The van der Waals surface area contributed by atoms with Gasteiger partial charge in [0.05, 0.1) is 12.7 Å². The van der Waals surface area contributed by atoms with E-state index in [0.29, 0.717) is 16.8 Å². The topological polar surface area (TPSA) is 55.4 Å². The van der Waals surface area contributed by atoms with Crippen molar-refractivity contribution in [3.63, 3.8) is 0 Å². The number of methoxy groups -OCH3 is 1. The molecule has 0 radical (unpaired) electrons. The van der Waals surface area contributed by atoms with E-state index in [1.165, 1.54) is 7.11 Å². The summed E-state index contributed by atoms with van der Waals surface area (Å²) in [5.41, 5.74) is 5.73. The van der Waals surface area contributed by atoms with Crippen LogP contribution in [0.25, 0.3) is 11.6 Å². The average Bonchev–Trinajstić information content (AvgIpc) is 2.84. The lowest BCUT2D eigenvalue weighted by Crippen LogP contribution is -2.04. The van der Waals surface area contributed by atoms with Crippen LogP contribution in [0.4, 0.5) is 5.69 Å². The van der Waals surface area contributed by atoms with Crippen LogP contribution in [0.1, 0.15) is 32.6 Å². The predicted molar refractivity (Wildman–Crippen MR) is 90.2 cm³/mol. The molecule has 4 nitrogen and oxygen atoms in total. The van der Waals surface area contributed by atoms with E-state index in [0.717, 1.165) is 22.3 Å². The fraction of sp³-hybridized carbons (Fsp3) is 0.158. The van der Waals surface area contributed by atoms with E-state index in [1.807, 2.05) is 38.1 Å². The Bertz CT molecular complexity index is 829. The van der Waals surface area contributed by atoms with Gasteiger partial charge in [-0.1, -0.05) is 24.3 Å². The van der Waals surface area contributed by atoms with Crippen LogP contribution < -0.4 is 5.32 Å². The van der Waals surface area contributed by atoms with Gasteiger partial charge in [-0.15, -0.1) is 0 Å². The molecular weight excluding hydrogens is 290 g/mol. The SMILES string of the molecule is COC(=O)c1ccc2c(c1)NC(=O)/C2=C/c1c(C)cccc1C. The molecule has 4 heteroatoms. The molecule has 0 unspecified atom stereocenters. The molecule has 0 fully saturated rings. The second-order valence-electron chi connectivity index (χ2n) is 5.57. The normalized spacial score (nSPS) is 14.6. The fourth-order valence-electron chi connectivity index (χ4n) is 2.78. The smallest absolute Gasteiger partial charge is 0.337 e. The fourth-order valence-corrected chi connectivity index (χ4v) is 2.78. The first-order chi connectivity index (χ1) is 11.0. The summed E-state index contributed by atoms with van der Waals surface area (Å²) in [5.74, 6) is -0.584. The van der Waals surface area contributed by atoms with Crippen molar-refractivity contribution in [1.29, 1.82) is 0 Å². The first-order valence-electron chi connectivity index (χ1n) is 7.33. The average molecular weight is 307 g/mol. The van der Waals surface area contributed by atoms with Gasteiger partial charge in [0.25, 0.3) is 5.91 Å². The maximum absolute atomic E-state index is 12.3. The number of esters is 1. The van der Waals surface area contributed by atoms with Gasteiger partial charge < -0.3 is 10.1 Å². The molecule has 0 bridgehead atoms. The molecule has 0 saturated heterocycles. The van der Waals surface area contributed by atoms with E-state index in [2.05, 4.69) is 5.32 Å². The van der Waals surface area contributed by atoms with Gasteiger partial charge in [0.2, 0.25) is 0 Å². The highest BCUT2D eigenvalue weighted by molar-refractivity contribution is 6.35. The van der Waals surface area contributed by atoms with Crippen molar-refractivity contribution in [3.05, 3.63) is 64.2 Å². The number of aryl methyl sites for hydroxylation is 2. The molecule has 1 aliphatic heterocycles. The van der Waals surface area contributed by atoms with E-state index >= 15 is 0 Å². The molecule has 0 atom stereocenters. The number of benzene rings is 2. The number of hydrogen-bond donors (Lipinski definition) is 1. The summed E-state index contributed by atoms with van der Waals surface area (Å²) in [6.45, 7) is 4.04. The Balaban J connectivity index is 2.09. The van der Waals surface area contributed by atoms with Crippen molar-refractivity contribution in [1.82, 2.24) is 0 Å². The van der Waals surface area contributed by atoms with Crippen LogP contribution in [0.2, 0.25) is 0 Å². The van der Waals surface area contributed by atoms with E-state index in [1.54, 1.807) is 18.2 Å². The first kappa shape index (κ1) is 15.0. The predicted octanol–water partition coefficient (Wildman–Crippen LogP) is 3.58. The number of nitrogens with one attached hydrogen (secondary N) is 1. The molecule has 23 heavy (non-hydrogen) atoms. The van der Waals surface area contributed by atoms with Gasteiger partial charge >= 0.3 is 5.97 Å². The summed E-state index contributed by atoms with van der Waals surface area (Å²) in [7, 11) is 1.33. The van der Waals surface area contributed by atoms with Crippen LogP contribution in [-0.4, -0.2) is 19.0 Å². The molecule has 0 aliphatic carbocycles. The third-order valence-electron chi connectivity index (χ3n) is 4.05. The number of carbonyl (C=O) groups is 2. The van der Waals surface area contributed by atoms with E-state index in [-0.39, 0.29) is 5.91 Å². The Labute approximate surface area is 134 Å². The Morgan fingerprint density at radius 2 is 1.83 bits per heavy atom. The molecule has 1 amide bonds. The minimum Gasteiger partial charge on any atom is -0.465 e. The molecule has 0 aromatic heterocycles. The van der Waals surface area contributed by atoms with Crippen LogP contribution in [-0.2, 0) is 9.53 Å². The summed E-state index contributed by atoms with van der Waals surface area (Å²) >= 11 is 0. The number of ether oxygens (including phenoxy) is 1. The molecule has 1 heterocycles. The van der Waals surface area contributed by atoms with Crippen molar-refractivity contribution in [2.24, 2.45) is 0 Å². The zero-order valence-corrected chi connectivity index (χ0v) is 13.3. The second-order valence-corrected chi connectivity index (χ2v) is 5.57. The van der Waals surface area contributed by atoms with Crippen molar-refractivity contribution >= 4 is 29.2 Å². The summed E-state index contributed by atoms with van der Waals surface area (Å²) in [6, 6.07) is 11.1. The zero-order valence-electron chi connectivity index (χ0n) is 13.3. The Morgan fingerprint density at radius 1 is 1.13 bits per heavy atom. The van der Waals surface area contributed by atoms with Crippen molar-refractivity contribution < 1.29 is 14.3 Å². The monoisotopic (exact) mass is 307 g/mol. The molecule has 0 saturated carbocycles. The lowest BCUT2D eigenvalue weighted by atomic mass is 9.97. The maximum atomic E-state index is 12.3. The molecule has 2 aromatic rings. The van der Waals surface area contributed by atoms with Crippen LogP contribution in [0.3, 0.4) is 0 Å². The lowest BCUT2D eigenvalue weighted by Gasteiger charge is -2.06. The van der Waals surface area contributed by atoms with Gasteiger partial charge in [-0.3, -0.25) is 4.79 Å². The summed E-state index contributed by atoms with van der Waals surface area (Å²) in [6.07, 6.45) is 1.91. The standard InChI is InChI=1S/C19H17NO3/c1-11-5-4-6-12(2)15(11)10-16-14-8-7-13(19(22)23-3)9-17(14)20-18(16)21/h4-10H,1-3H3,(H,20,21)/b16-10+. The number of rotatable bonds is 2. The maximum Gasteiger partial charge on any atom is 0.337 e. The van der Waals surface area contributed by atoms with E-state index in [9.17, 15) is 9.59 Å². The molecule has 0 spiro atoms. The summed E-state index contributed by atoms with van der Waals surface area (Å²) in [5, 5.41) is 2.81. The molecule has 3 rings (SSSR count). The third-order valence-corrected chi connectivity index (χ3v) is 4.05. The van der Waals surface area contributed by atoms with Crippen molar-refractivity contribution in [2.75, 3.05) is 12.4 Å². The second kappa shape index (κ2) is 5.72. The van der Waals surface area contributed by atoms with Crippen LogP contribution in [0.15, 0.2) is 36.4 Å². The summed E-state index contributed by atoms with van der Waals surface area (Å²) in [4.78, 5) is 23.9. The van der Waals surface area contributed by atoms with Gasteiger partial charge in [-0.25, -0.2) is 4.79 Å². The van der Waals surface area contributed by atoms with Crippen molar-refractivity contribution in [3.8, 4) is 0 Å². The molecule has 1 aliphatic rings. The highest BCUT2D eigenvalue weighted by Crippen LogP contribution is 2.34. The molecule has 1 N–H and O–H groups in total. The lowest BCUT2D eigenvalue weighted by molar-refractivity contribution is -0.110. The van der Waals surface area contributed by atoms with E-state index < -0.39 is 5.97 Å². The Hall–Kier alpha value is -2.88. The number of hydrogen-bond acceptors (Lipinski definition) is 3. The third kappa shape index (κ3) is 2.63. The van der Waals surface area contributed by atoms with E-state index in [4.69, 9.17) is 4.74 Å². The minimum absolute atomic E-state index is 0.162. The largest absolute Gasteiger partial charge is 0.465 e. The van der Waals surface area contributed by atoms with Gasteiger partial charge in [-0.2, -0.15) is 0 Å². The number of fused-ring (bicyclic) bond motifs is 1. The van der Waals surface area contributed by atoms with Gasteiger partial charge in [0, 0.05) is 16.8 Å². The van der Waals surface area contributed by atoms with Gasteiger partial charge in [0.15, 0.2) is 0 Å². The molecular formula is C19H17NO3. The Kier molecular flexibility index (Phi) is 3.74. The molecule has 2 aromatic carbocycles. The molecule has 116 valence electrons. The minimum atomic E-state index is -0.422. The highest BCUT2D eigenvalue weighted by atomic mass is 16.5. The first-order valence-corrected chi connectivity index (χ1v) is 7.33. The van der Waals surface area contributed by atoms with Crippen molar-refractivity contribution in [2.45, 2.75) is 13.8 Å². The number of amides is 1. The number of carbonyl (C=O) groups excluding carboxylic acids is 2. The van der Waals surface area contributed by atoms with Gasteiger partial charge in [-0.05, 0) is 48.7 Å². The number of anilines is 1. The van der Waals surface area contributed by atoms with Crippen LogP contribution in [0.5, 0.6) is 0 Å². The summed E-state index contributed by atoms with van der Waals surface area (Å²) < 4.78 is 4.71. The quantitative estimate of drug-likeness (QED) is 0.681. The highest BCUT2D eigenvalue weighted by Gasteiger charge is 2.25. The zero-order chi connectivity index (χ0) is 16.6. The Morgan fingerprint density at radius 3 is 2.48 bits per heavy atom. The van der Waals surface area contributed by atoms with Crippen LogP contribution in [0, 0.1) is 13.8 Å². The van der Waals surface area contributed by atoms with Crippen LogP contribution >= 0.6 is 0 Å². The van der Waals surface area contributed by atoms with Gasteiger partial charge in [0.1, 0.15) is 0 Å².